The van der Waals surface area contributed by atoms with Gasteiger partial charge in [-0.05, 0) is 6.92 Å². The molecule has 1 atom stereocenters. The first kappa shape index (κ1) is 10.6. The first-order chi connectivity index (χ1) is 5.49. The number of hydrogen-bond donors (Lipinski definition) is 2. The van der Waals surface area contributed by atoms with Crippen molar-refractivity contribution in [1.29, 1.82) is 5.41 Å². The van der Waals surface area contributed by atoms with Gasteiger partial charge < -0.3 is 10.1 Å². The topological polar surface area (TPSA) is 79.2 Å². The van der Waals surface area contributed by atoms with Crippen molar-refractivity contribution in [3.63, 3.8) is 0 Å². The van der Waals surface area contributed by atoms with Crippen molar-refractivity contribution < 1.29 is 14.3 Å². The lowest BCUT2D eigenvalue weighted by atomic mass is 10.1. The van der Waals surface area contributed by atoms with Gasteiger partial charge in [-0.3, -0.25) is 15.0 Å². The van der Waals surface area contributed by atoms with Crippen molar-refractivity contribution >= 4 is 17.7 Å². The molecule has 0 aliphatic rings. The van der Waals surface area contributed by atoms with E-state index in [1.165, 1.54) is 21.0 Å². The summed E-state index contributed by atoms with van der Waals surface area (Å²) in [7, 11) is 1.24. The number of methoxy groups -OCH3 is 1. The molecule has 0 saturated heterocycles. The number of ether oxygens (including phenoxy) is 1. The SMILES string of the molecule is COC(=O)C(C)C(=N)NC(C)=O. The highest BCUT2D eigenvalue weighted by Gasteiger charge is 2.18. The minimum atomic E-state index is -0.723. The molecule has 0 aromatic carbocycles. The normalized spacial score (nSPS) is 11.6. The van der Waals surface area contributed by atoms with Crippen LogP contribution in [0.15, 0.2) is 0 Å². The summed E-state index contributed by atoms with van der Waals surface area (Å²) in [6.07, 6.45) is 0. The van der Waals surface area contributed by atoms with Gasteiger partial charge in [-0.25, -0.2) is 0 Å². The molecular formula is C7H12N2O3. The van der Waals surface area contributed by atoms with Gasteiger partial charge in [0.05, 0.1) is 7.11 Å². The molecule has 0 radical (unpaired) electrons. The minimum absolute atomic E-state index is 0.144. The summed E-state index contributed by atoms with van der Waals surface area (Å²) in [5.74, 6) is -1.77. The van der Waals surface area contributed by atoms with E-state index in [1.54, 1.807) is 0 Å². The smallest absolute Gasteiger partial charge is 0.316 e. The third kappa shape index (κ3) is 3.14. The summed E-state index contributed by atoms with van der Waals surface area (Å²) in [6.45, 7) is 2.77. The van der Waals surface area contributed by atoms with E-state index < -0.39 is 11.9 Å². The van der Waals surface area contributed by atoms with E-state index in [0.29, 0.717) is 0 Å². The first-order valence-corrected chi connectivity index (χ1v) is 3.43. The van der Waals surface area contributed by atoms with Crippen LogP contribution in [-0.2, 0) is 14.3 Å². The van der Waals surface area contributed by atoms with Gasteiger partial charge in [-0.1, -0.05) is 0 Å². The van der Waals surface area contributed by atoms with E-state index in [1.807, 2.05) is 0 Å². The van der Waals surface area contributed by atoms with Gasteiger partial charge >= 0.3 is 5.97 Å². The first-order valence-electron chi connectivity index (χ1n) is 3.43. The molecule has 0 saturated carbocycles. The standard InChI is InChI=1S/C7H12N2O3/c1-4(7(11)12-3)6(8)9-5(2)10/h4H,1-3H3,(H2,8,9,10). The summed E-state index contributed by atoms with van der Waals surface area (Å²) in [5.41, 5.74) is 0. The summed E-state index contributed by atoms with van der Waals surface area (Å²) in [6, 6.07) is 0. The van der Waals surface area contributed by atoms with E-state index in [-0.39, 0.29) is 11.7 Å². The molecule has 0 aromatic heterocycles. The number of esters is 1. The summed E-state index contributed by atoms with van der Waals surface area (Å²) >= 11 is 0. The highest BCUT2D eigenvalue weighted by molar-refractivity contribution is 6.05. The van der Waals surface area contributed by atoms with Crippen LogP contribution in [0, 0.1) is 11.3 Å². The van der Waals surface area contributed by atoms with Gasteiger partial charge in [0.15, 0.2) is 0 Å². The quantitative estimate of drug-likeness (QED) is 0.347. The number of hydrogen-bond acceptors (Lipinski definition) is 4. The maximum atomic E-state index is 10.8. The molecule has 12 heavy (non-hydrogen) atoms. The Balaban J connectivity index is 4.10. The number of rotatable bonds is 2. The van der Waals surface area contributed by atoms with Gasteiger partial charge in [0, 0.05) is 6.92 Å². The molecule has 0 spiro atoms. The zero-order valence-electron chi connectivity index (χ0n) is 7.30. The average molecular weight is 172 g/mol. The van der Waals surface area contributed by atoms with Crippen LogP contribution in [0.25, 0.3) is 0 Å². The minimum Gasteiger partial charge on any atom is -0.468 e. The van der Waals surface area contributed by atoms with Crippen LogP contribution in [0.2, 0.25) is 0 Å². The Morgan fingerprint density at radius 1 is 1.50 bits per heavy atom. The van der Waals surface area contributed by atoms with E-state index in [2.05, 4.69) is 10.1 Å². The summed E-state index contributed by atoms with van der Waals surface area (Å²) in [5, 5.41) is 9.43. The number of amidine groups is 1. The molecule has 0 fully saturated rings. The lowest BCUT2D eigenvalue weighted by molar-refractivity contribution is -0.142. The fraction of sp³-hybridized carbons (Fsp3) is 0.571. The van der Waals surface area contributed by atoms with Crippen LogP contribution >= 0.6 is 0 Å². The maximum absolute atomic E-state index is 10.8. The molecule has 0 bridgehead atoms. The Morgan fingerprint density at radius 2 is 2.00 bits per heavy atom. The second-order valence-electron chi connectivity index (χ2n) is 2.34. The monoisotopic (exact) mass is 172 g/mol. The van der Waals surface area contributed by atoms with Crippen molar-refractivity contribution in [1.82, 2.24) is 5.32 Å². The molecule has 5 heteroatoms. The molecule has 0 rings (SSSR count). The molecule has 0 aromatic rings. The van der Waals surface area contributed by atoms with Crippen LogP contribution < -0.4 is 5.32 Å². The Hall–Kier alpha value is -1.39. The summed E-state index contributed by atoms with van der Waals surface area (Å²) < 4.78 is 4.38. The highest BCUT2D eigenvalue weighted by atomic mass is 16.5. The molecule has 2 N–H and O–H groups in total. The van der Waals surface area contributed by atoms with Gasteiger partial charge in [0.1, 0.15) is 11.8 Å². The van der Waals surface area contributed by atoms with E-state index >= 15 is 0 Å². The third-order valence-electron chi connectivity index (χ3n) is 1.30. The van der Waals surface area contributed by atoms with Gasteiger partial charge in [0.2, 0.25) is 5.91 Å². The second-order valence-corrected chi connectivity index (χ2v) is 2.34. The van der Waals surface area contributed by atoms with Gasteiger partial charge in [0.25, 0.3) is 0 Å². The average Bonchev–Trinajstić information content (AvgIpc) is 2.00. The van der Waals surface area contributed by atoms with Gasteiger partial charge in [-0.2, -0.15) is 0 Å². The van der Waals surface area contributed by atoms with Crippen molar-refractivity contribution in [2.24, 2.45) is 5.92 Å². The van der Waals surface area contributed by atoms with Crippen molar-refractivity contribution in [2.45, 2.75) is 13.8 Å². The summed E-state index contributed by atoms with van der Waals surface area (Å²) in [4.78, 5) is 21.3. The molecule has 0 aliphatic heterocycles. The molecule has 68 valence electrons. The lowest BCUT2D eigenvalue weighted by Gasteiger charge is -2.10. The largest absolute Gasteiger partial charge is 0.468 e. The Bertz CT molecular complexity index is 213. The predicted molar refractivity (Wildman–Crippen MR) is 42.7 cm³/mol. The molecular weight excluding hydrogens is 160 g/mol. The fourth-order valence-electron chi connectivity index (χ4n) is 0.593. The highest BCUT2D eigenvalue weighted by Crippen LogP contribution is 1.97. The Kier molecular flexibility index (Phi) is 3.96. The zero-order valence-corrected chi connectivity index (χ0v) is 7.30. The van der Waals surface area contributed by atoms with Crippen LogP contribution in [0.5, 0.6) is 0 Å². The van der Waals surface area contributed by atoms with Crippen molar-refractivity contribution in [2.75, 3.05) is 7.11 Å². The van der Waals surface area contributed by atoms with Crippen LogP contribution in [0.1, 0.15) is 13.8 Å². The Morgan fingerprint density at radius 3 is 2.33 bits per heavy atom. The lowest BCUT2D eigenvalue weighted by Crippen LogP contribution is -2.36. The molecule has 1 unspecified atom stereocenters. The predicted octanol–water partition coefficient (Wildman–Crippen LogP) is -0.0911. The molecule has 0 aliphatic carbocycles. The maximum Gasteiger partial charge on any atom is 0.316 e. The Labute approximate surface area is 70.6 Å². The van der Waals surface area contributed by atoms with Crippen molar-refractivity contribution in [3.05, 3.63) is 0 Å². The van der Waals surface area contributed by atoms with E-state index in [9.17, 15) is 9.59 Å². The van der Waals surface area contributed by atoms with Crippen molar-refractivity contribution in [3.8, 4) is 0 Å². The van der Waals surface area contributed by atoms with E-state index in [4.69, 9.17) is 5.41 Å². The molecule has 1 amide bonds. The number of carbonyl (C=O) groups excluding carboxylic acids is 2. The third-order valence-corrected chi connectivity index (χ3v) is 1.30. The van der Waals surface area contributed by atoms with E-state index in [0.717, 1.165) is 0 Å². The fourth-order valence-corrected chi connectivity index (χ4v) is 0.593. The number of carbonyl (C=O) groups is 2. The van der Waals surface area contributed by atoms with Crippen LogP contribution in [0.4, 0.5) is 0 Å². The number of nitrogens with one attached hydrogen (secondary N) is 2. The second kappa shape index (κ2) is 4.48. The molecule has 0 heterocycles. The molecule has 5 nitrogen and oxygen atoms in total. The van der Waals surface area contributed by atoms with Gasteiger partial charge in [-0.15, -0.1) is 0 Å². The van der Waals surface area contributed by atoms with Crippen LogP contribution in [-0.4, -0.2) is 24.8 Å². The number of amides is 1. The zero-order chi connectivity index (χ0) is 9.72. The van der Waals surface area contributed by atoms with Crippen LogP contribution in [0.3, 0.4) is 0 Å².